The van der Waals surface area contributed by atoms with Gasteiger partial charge in [0.15, 0.2) is 0 Å². The summed E-state index contributed by atoms with van der Waals surface area (Å²) in [4.78, 5) is 0. The summed E-state index contributed by atoms with van der Waals surface area (Å²) in [7, 11) is 0. The number of anilines is 1. The van der Waals surface area contributed by atoms with Crippen LogP contribution in [0.15, 0.2) is 36.4 Å². The maximum atomic E-state index is 9.79. The molecule has 0 atom stereocenters. The van der Waals surface area contributed by atoms with E-state index in [1.165, 1.54) is 11.1 Å². The van der Waals surface area contributed by atoms with Gasteiger partial charge in [-0.15, -0.1) is 0 Å². The Balaban J connectivity index is 2.11. The molecule has 0 aliphatic heterocycles. The minimum atomic E-state index is 0.399. The Kier molecular flexibility index (Phi) is 4.33. The molecule has 0 bridgehead atoms. The molecule has 2 N–H and O–H groups in total. The van der Waals surface area contributed by atoms with Crippen LogP contribution in [0.4, 0.5) is 5.69 Å². The molecule has 2 nitrogen and oxygen atoms in total. The number of hydrogen-bond acceptors (Lipinski definition) is 2. The van der Waals surface area contributed by atoms with Crippen LogP contribution in [0.5, 0.6) is 5.75 Å². The molecule has 2 heteroatoms. The fourth-order valence-corrected chi connectivity index (χ4v) is 2.36. The normalized spacial score (nSPS) is 10.8. The molecule has 2 aromatic carbocycles. The second-order valence-electron chi connectivity index (χ2n) is 5.71. The molecule has 0 saturated heterocycles. The van der Waals surface area contributed by atoms with Crippen LogP contribution < -0.4 is 5.32 Å². The molecule has 0 aromatic heterocycles. The lowest BCUT2D eigenvalue weighted by molar-refractivity contribution is 0.466. The Labute approximate surface area is 121 Å². The van der Waals surface area contributed by atoms with Crippen LogP contribution in [-0.2, 0) is 6.54 Å². The van der Waals surface area contributed by atoms with Crippen molar-refractivity contribution in [2.75, 3.05) is 5.32 Å². The van der Waals surface area contributed by atoms with E-state index in [1.54, 1.807) is 0 Å². The third kappa shape index (κ3) is 3.32. The lowest BCUT2D eigenvalue weighted by atomic mass is 10.0. The van der Waals surface area contributed by atoms with E-state index in [4.69, 9.17) is 0 Å². The van der Waals surface area contributed by atoms with Gasteiger partial charge in [0.25, 0.3) is 0 Å². The third-order valence-corrected chi connectivity index (χ3v) is 3.60. The van der Waals surface area contributed by atoms with Crippen LogP contribution in [0.3, 0.4) is 0 Å². The van der Waals surface area contributed by atoms with Gasteiger partial charge in [0.2, 0.25) is 0 Å². The first-order chi connectivity index (χ1) is 9.47. The van der Waals surface area contributed by atoms with Gasteiger partial charge >= 0.3 is 0 Å². The maximum absolute atomic E-state index is 9.79. The molecule has 0 aliphatic carbocycles. The van der Waals surface area contributed by atoms with Crippen molar-refractivity contribution in [3.8, 4) is 5.75 Å². The van der Waals surface area contributed by atoms with Crippen molar-refractivity contribution in [3.05, 3.63) is 58.7 Å². The molecule has 2 aromatic rings. The van der Waals surface area contributed by atoms with Gasteiger partial charge in [0.05, 0.1) is 0 Å². The van der Waals surface area contributed by atoms with Crippen LogP contribution in [-0.4, -0.2) is 5.11 Å². The Morgan fingerprint density at radius 2 is 1.70 bits per heavy atom. The molecule has 2 rings (SSSR count). The van der Waals surface area contributed by atoms with E-state index in [2.05, 4.69) is 43.4 Å². The smallest absolute Gasteiger partial charge is 0.121 e. The molecule has 0 heterocycles. The fraction of sp³-hybridized carbons (Fsp3) is 0.333. The molecule has 0 spiro atoms. The second kappa shape index (κ2) is 6.00. The van der Waals surface area contributed by atoms with Crippen LogP contribution in [0.2, 0.25) is 0 Å². The summed E-state index contributed by atoms with van der Waals surface area (Å²) in [6, 6.07) is 12.6. The summed E-state index contributed by atoms with van der Waals surface area (Å²) in [5.74, 6) is 0.936. The van der Waals surface area contributed by atoms with E-state index in [0.717, 1.165) is 23.4 Å². The highest BCUT2D eigenvalue weighted by Gasteiger charge is 2.04. The number of aromatic hydroxyl groups is 1. The zero-order valence-corrected chi connectivity index (χ0v) is 12.7. The largest absolute Gasteiger partial charge is 0.507 e. The topological polar surface area (TPSA) is 32.3 Å². The van der Waals surface area contributed by atoms with Gasteiger partial charge < -0.3 is 10.4 Å². The van der Waals surface area contributed by atoms with E-state index < -0.39 is 0 Å². The van der Waals surface area contributed by atoms with Crippen LogP contribution in [0.25, 0.3) is 0 Å². The van der Waals surface area contributed by atoms with Crippen molar-refractivity contribution in [2.45, 2.75) is 40.2 Å². The van der Waals surface area contributed by atoms with Crippen LogP contribution >= 0.6 is 0 Å². The van der Waals surface area contributed by atoms with Crippen molar-refractivity contribution in [3.63, 3.8) is 0 Å². The van der Waals surface area contributed by atoms with Gasteiger partial charge in [0.1, 0.15) is 5.75 Å². The van der Waals surface area contributed by atoms with Crippen LogP contribution in [0, 0.1) is 13.8 Å². The predicted octanol–water partition coefficient (Wildman–Crippen LogP) is 4.74. The minimum Gasteiger partial charge on any atom is -0.507 e. The number of hydrogen-bond donors (Lipinski definition) is 2. The lowest BCUT2D eigenvalue weighted by Crippen LogP contribution is -2.01. The zero-order valence-electron chi connectivity index (χ0n) is 12.7. The third-order valence-electron chi connectivity index (χ3n) is 3.60. The highest BCUT2D eigenvalue weighted by molar-refractivity contribution is 5.48. The molecular weight excluding hydrogens is 246 g/mol. The summed E-state index contributed by atoms with van der Waals surface area (Å²) in [5, 5.41) is 13.2. The number of nitrogens with one attached hydrogen (secondary N) is 1. The Hall–Kier alpha value is -1.96. The first kappa shape index (κ1) is 14.4. The van der Waals surface area contributed by atoms with Gasteiger partial charge in [-0.3, -0.25) is 0 Å². The van der Waals surface area contributed by atoms with E-state index in [-0.39, 0.29) is 0 Å². The molecule has 0 fully saturated rings. The molecule has 0 saturated carbocycles. The number of phenols is 1. The Morgan fingerprint density at radius 1 is 1.05 bits per heavy atom. The second-order valence-corrected chi connectivity index (χ2v) is 5.71. The highest BCUT2D eigenvalue weighted by Crippen LogP contribution is 2.24. The summed E-state index contributed by atoms with van der Waals surface area (Å²) in [5.41, 5.74) is 5.52. The van der Waals surface area contributed by atoms with E-state index >= 15 is 0 Å². The summed E-state index contributed by atoms with van der Waals surface area (Å²) in [6.07, 6.45) is 0. The predicted molar refractivity (Wildman–Crippen MR) is 85.4 cm³/mol. The number of benzene rings is 2. The molecule has 106 valence electrons. The molecule has 20 heavy (non-hydrogen) atoms. The first-order valence-electron chi connectivity index (χ1n) is 7.10. The van der Waals surface area contributed by atoms with Crippen LogP contribution in [0.1, 0.15) is 42.0 Å². The summed E-state index contributed by atoms with van der Waals surface area (Å²) in [6.45, 7) is 9.04. The molecule has 0 unspecified atom stereocenters. The molecule has 0 aliphatic rings. The highest BCUT2D eigenvalue weighted by atomic mass is 16.3. The van der Waals surface area contributed by atoms with E-state index in [9.17, 15) is 5.11 Å². The minimum absolute atomic E-state index is 0.399. The number of phenolic OH excluding ortho intramolecular Hbond substituents is 1. The fourth-order valence-electron chi connectivity index (χ4n) is 2.36. The average Bonchev–Trinajstić information content (AvgIpc) is 2.42. The zero-order chi connectivity index (χ0) is 14.7. The molecular formula is C18H23NO. The van der Waals surface area contributed by atoms with Gasteiger partial charge in [0, 0.05) is 12.2 Å². The number of aryl methyl sites for hydroxylation is 2. The Morgan fingerprint density at radius 3 is 2.30 bits per heavy atom. The van der Waals surface area contributed by atoms with Crippen molar-refractivity contribution in [2.24, 2.45) is 0 Å². The average molecular weight is 269 g/mol. The molecule has 0 amide bonds. The lowest BCUT2D eigenvalue weighted by Gasteiger charge is -2.12. The van der Waals surface area contributed by atoms with Gasteiger partial charge in [-0.05, 0) is 54.2 Å². The van der Waals surface area contributed by atoms with E-state index in [0.29, 0.717) is 11.7 Å². The van der Waals surface area contributed by atoms with Gasteiger partial charge in [-0.25, -0.2) is 0 Å². The summed E-state index contributed by atoms with van der Waals surface area (Å²) < 4.78 is 0. The first-order valence-corrected chi connectivity index (χ1v) is 7.10. The molecule has 0 radical (unpaired) electrons. The standard InChI is InChI=1S/C18H23NO/c1-12(2)16-6-5-7-17(10-16)19-11-15-8-13(3)18(20)14(4)9-15/h5-10,12,19-20H,11H2,1-4H3. The quantitative estimate of drug-likeness (QED) is 0.840. The SMILES string of the molecule is Cc1cc(CNc2cccc(C(C)C)c2)cc(C)c1O. The van der Waals surface area contributed by atoms with Crippen molar-refractivity contribution in [1.82, 2.24) is 0 Å². The van der Waals surface area contributed by atoms with Gasteiger partial charge in [-0.2, -0.15) is 0 Å². The van der Waals surface area contributed by atoms with Crippen molar-refractivity contribution >= 4 is 5.69 Å². The Bertz CT molecular complexity index is 579. The monoisotopic (exact) mass is 269 g/mol. The van der Waals surface area contributed by atoms with Crippen molar-refractivity contribution < 1.29 is 5.11 Å². The summed E-state index contributed by atoms with van der Waals surface area (Å²) >= 11 is 0. The van der Waals surface area contributed by atoms with E-state index in [1.807, 2.05) is 26.0 Å². The maximum Gasteiger partial charge on any atom is 0.121 e. The van der Waals surface area contributed by atoms with Crippen molar-refractivity contribution in [1.29, 1.82) is 0 Å². The number of rotatable bonds is 4. The van der Waals surface area contributed by atoms with Gasteiger partial charge in [-0.1, -0.05) is 38.1 Å².